The molecule has 0 aliphatic rings. The molecule has 0 N–H and O–H groups in total. The first-order valence-electron chi connectivity index (χ1n) is 25.4. The Bertz CT molecular complexity index is 3950. The summed E-state index contributed by atoms with van der Waals surface area (Å²) in [7, 11) is 0. The van der Waals surface area contributed by atoms with Crippen LogP contribution in [0.25, 0.3) is 88.0 Å². The molecule has 0 aliphatic heterocycles. The van der Waals surface area contributed by atoms with Crippen LogP contribution in [-0.2, 0) is 0 Å². The Hall–Kier alpha value is -9.76. The van der Waals surface area contributed by atoms with Crippen LogP contribution in [0.2, 0.25) is 0 Å². The largest absolute Gasteiger partial charge is 0.311 e. The topological polar surface area (TPSA) is 6.48 Å². The summed E-state index contributed by atoms with van der Waals surface area (Å²) in [5.74, 6) is 0. The molecule has 0 saturated heterocycles. The normalized spacial score (nSPS) is 11.2. The van der Waals surface area contributed by atoms with Crippen molar-refractivity contribution in [2.24, 2.45) is 0 Å². The van der Waals surface area contributed by atoms with E-state index >= 15 is 0 Å². The van der Waals surface area contributed by atoms with Crippen molar-refractivity contribution >= 4 is 66.4 Å². The fraction of sp³-hybridized carbons (Fsp3) is 0. The fourth-order valence-electron chi connectivity index (χ4n) is 10.7. The minimum atomic E-state index is 1.08. The Morgan fingerprint density at radius 2 is 0.473 bits per heavy atom. The fourth-order valence-corrected chi connectivity index (χ4v) is 10.7. The minimum Gasteiger partial charge on any atom is -0.311 e. The third-order valence-corrected chi connectivity index (χ3v) is 14.5. The highest BCUT2D eigenvalue weighted by molar-refractivity contribution is 6.00. The summed E-state index contributed by atoms with van der Waals surface area (Å²) in [6, 6.07) is 110. The molecule has 2 nitrogen and oxygen atoms in total. The molecule has 0 aliphatic carbocycles. The number of benzene rings is 13. The standard InChI is InChI=1S/C72H50N2/c1-2-14-51(15-3-1)60-22-10-23-61(50-60)54-34-44-66(45-35-54)74(72-29-13-21-57-18-6-9-26-71(57)72)65-42-32-53(33-43-65)52-30-40-62(41-31-52)73(63-46-36-58(37-47-63)69-27-11-19-55-16-4-7-24-67(55)69)64-48-38-59(39-49-64)70-28-12-20-56-17-5-8-25-68(56)70/h1-50H. The molecule has 0 unspecified atom stereocenters. The van der Waals surface area contributed by atoms with Gasteiger partial charge in [0, 0.05) is 33.8 Å². The van der Waals surface area contributed by atoms with Gasteiger partial charge in [-0.2, -0.15) is 0 Å². The first-order valence-corrected chi connectivity index (χ1v) is 25.4. The molecule has 13 aromatic carbocycles. The van der Waals surface area contributed by atoms with Crippen molar-refractivity contribution in [3.05, 3.63) is 303 Å². The van der Waals surface area contributed by atoms with Gasteiger partial charge in [0.15, 0.2) is 0 Å². The lowest BCUT2D eigenvalue weighted by Gasteiger charge is -2.27. The number of rotatable bonds is 11. The quantitative estimate of drug-likeness (QED) is 0.127. The number of anilines is 6. The van der Waals surface area contributed by atoms with E-state index in [4.69, 9.17) is 0 Å². The molecule has 348 valence electrons. The molecule has 0 radical (unpaired) electrons. The van der Waals surface area contributed by atoms with E-state index in [2.05, 4.69) is 313 Å². The smallest absolute Gasteiger partial charge is 0.0540 e. The van der Waals surface area contributed by atoms with Crippen molar-refractivity contribution in [3.8, 4) is 55.6 Å². The highest BCUT2D eigenvalue weighted by Crippen LogP contribution is 2.43. The summed E-state index contributed by atoms with van der Waals surface area (Å²) in [4.78, 5) is 4.74. The van der Waals surface area contributed by atoms with Crippen molar-refractivity contribution in [2.75, 3.05) is 9.80 Å². The van der Waals surface area contributed by atoms with Crippen LogP contribution in [0.15, 0.2) is 303 Å². The lowest BCUT2D eigenvalue weighted by atomic mass is 9.97. The summed E-state index contributed by atoms with van der Waals surface area (Å²) >= 11 is 0. The van der Waals surface area contributed by atoms with Crippen molar-refractivity contribution < 1.29 is 0 Å². The van der Waals surface area contributed by atoms with Crippen molar-refractivity contribution in [2.45, 2.75) is 0 Å². The van der Waals surface area contributed by atoms with E-state index in [9.17, 15) is 0 Å². The van der Waals surface area contributed by atoms with Crippen LogP contribution < -0.4 is 9.80 Å². The first kappa shape index (κ1) is 44.2. The van der Waals surface area contributed by atoms with Crippen LogP contribution >= 0.6 is 0 Å². The molecule has 0 aromatic heterocycles. The van der Waals surface area contributed by atoms with Gasteiger partial charge in [0.1, 0.15) is 0 Å². The summed E-state index contributed by atoms with van der Waals surface area (Å²) in [5, 5.41) is 7.39. The SMILES string of the molecule is c1ccc(-c2cccc(-c3ccc(N(c4ccc(-c5ccc(N(c6ccc(-c7cccc8ccccc78)cc6)c6ccc(-c7cccc8ccccc78)cc6)cc5)cc4)c4cccc5ccccc45)cc3)c2)cc1. The number of hydrogen-bond donors (Lipinski definition) is 0. The second-order valence-electron chi connectivity index (χ2n) is 18.9. The van der Waals surface area contributed by atoms with Gasteiger partial charge in [-0.25, -0.2) is 0 Å². The number of fused-ring (bicyclic) bond motifs is 3. The van der Waals surface area contributed by atoms with E-state index in [-0.39, 0.29) is 0 Å². The molecule has 0 fully saturated rings. The molecule has 0 atom stereocenters. The Labute approximate surface area is 433 Å². The van der Waals surface area contributed by atoms with Gasteiger partial charge in [0.25, 0.3) is 0 Å². The monoisotopic (exact) mass is 942 g/mol. The van der Waals surface area contributed by atoms with Crippen LogP contribution in [0.4, 0.5) is 34.1 Å². The van der Waals surface area contributed by atoms with Crippen LogP contribution in [0.1, 0.15) is 0 Å². The molecule has 74 heavy (non-hydrogen) atoms. The lowest BCUT2D eigenvalue weighted by molar-refractivity contribution is 1.28. The zero-order valence-electron chi connectivity index (χ0n) is 40.8. The van der Waals surface area contributed by atoms with Crippen molar-refractivity contribution in [3.63, 3.8) is 0 Å². The van der Waals surface area contributed by atoms with Crippen LogP contribution in [0.5, 0.6) is 0 Å². The molecule has 0 amide bonds. The van der Waals surface area contributed by atoms with E-state index in [1.165, 1.54) is 76.8 Å². The number of hydrogen-bond acceptors (Lipinski definition) is 2. The van der Waals surface area contributed by atoms with Gasteiger partial charge in [-0.3, -0.25) is 0 Å². The molecule has 13 aromatic rings. The second-order valence-corrected chi connectivity index (χ2v) is 18.9. The highest BCUT2D eigenvalue weighted by atomic mass is 15.1. The third-order valence-electron chi connectivity index (χ3n) is 14.5. The van der Waals surface area contributed by atoms with E-state index in [0.29, 0.717) is 0 Å². The highest BCUT2D eigenvalue weighted by Gasteiger charge is 2.18. The van der Waals surface area contributed by atoms with Gasteiger partial charge < -0.3 is 9.80 Å². The van der Waals surface area contributed by atoms with E-state index in [1.54, 1.807) is 0 Å². The van der Waals surface area contributed by atoms with Gasteiger partial charge in [0.2, 0.25) is 0 Å². The summed E-state index contributed by atoms with van der Waals surface area (Å²) < 4.78 is 0. The maximum atomic E-state index is 2.38. The molecular weight excluding hydrogens is 893 g/mol. The van der Waals surface area contributed by atoms with E-state index in [0.717, 1.165) is 45.3 Å². The van der Waals surface area contributed by atoms with E-state index in [1.807, 2.05) is 0 Å². The Morgan fingerprint density at radius 3 is 0.932 bits per heavy atom. The molecule has 13 rings (SSSR count). The maximum absolute atomic E-state index is 2.38. The molecule has 2 heteroatoms. The Balaban J connectivity index is 0.834. The molecule has 0 heterocycles. The molecular formula is C72H50N2. The molecule has 0 spiro atoms. The average Bonchev–Trinajstić information content (AvgIpc) is 3.48. The van der Waals surface area contributed by atoms with Gasteiger partial charge in [-0.15, -0.1) is 0 Å². The summed E-state index contributed by atoms with van der Waals surface area (Å²) in [5.41, 5.74) is 18.5. The summed E-state index contributed by atoms with van der Waals surface area (Å²) in [6.45, 7) is 0. The summed E-state index contributed by atoms with van der Waals surface area (Å²) in [6.07, 6.45) is 0. The van der Waals surface area contributed by atoms with Gasteiger partial charge in [-0.05, 0) is 155 Å². The second kappa shape index (κ2) is 19.4. The van der Waals surface area contributed by atoms with Crippen molar-refractivity contribution in [1.29, 1.82) is 0 Å². The molecule has 0 saturated carbocycles. The van der Waals surface area contributed by atoms with Gasteiger partial charge in [-0.1, -0.05) is 231 Å². The third kappa shape index (κ3) is 8.55. The van der Waals surface area contributed by atoms with Crippen LogP contribution in [-0.4, -0.2) is 0 Å². The number of nitrogens with zero attached hydrogens (tertiary/aromatic N) is 2. The average molecular weight is 943 g/mol. The zero-order valence-corrected chi connectivity index (χ0v) is 40.8. The van der Waals surface area contributed by atoms with Gasteiger partial charge in [0.05, 0.1) is 5.69 Å². The first-order chi connectivity index (χ1) is 36.7. The van der Waals surface area contributed by atoms with Crippen molar-refractivity contribution in [1.82, 2.24) is 0 Å². The molecule has 0 bridgehead atoms. The Kier molecular flexibility index (Phi) is 11.6. The predicted molar refractivity (Wildman–Crippen MR) is 316 cm³/mol. The Morgan fingerprint density at radius 1 is 0.176 bits per heavy atom. The van der Waals surface area contributed by atoms with Crippen LogP contribution in [0.3, 0.4) is 0 Å². The van der Waals surface area contributed by atoms with E-state index < -0.39 is 0 Å². The van der Waals surface area contributed by atoms with Gasteiger partial charge >= 0.3 is 0 Å². The predicted octanol–water partition coefficient (Wildman–Crippen LogP) is 20.4. The zero-order chi connectivity index (χ0) is 49.2. The lowest BCUT2D eigenvalue weighted by Crippen LogP contribution is -2.10. The maximum Gasteiger partial charge on any atom is 0.0540 e. The minimum absolute atomic E-state index is 1.08. The van der Waals surface area contributed by atoms with Crippen LogP contribution in [0, 0.1) is 0 Å².